The zero-order valence-electron chi connectivity index (χ0n) is 11.0. The monoisotopic (exact) mass is 284 g/mol. The zero-order valence-corrected chi connectivity index (χ0v) is 11.7. The van der Waals surface area contributed by atoms with Crippen LogP contribution in [0.2, 0.25) is 5.02 Å². The normalized spacial score (nSPS) is 10.5. The van der Waals surface area contributed by atoms with E-state index in [9.17, 15) is 0 Å². The lowest BCUT2D eigenvalue weighted by atomic mass is 10.2. The fourth-order valence-electron chi connectivity index (χ4n) is 1.94. The van der Waals surface area contributed by atoms with Gasteiger partial charge in [-0.25, -0.2) is 4.68 Å². The number of benzene rings is 2. The van der Waals surface area contributed by atoms with Crippen molar-refractivity contribution in [2.45, 2.75) is 6.92 Å². The standard InChI is InChI=1S/C16H13ClN2O/c1-12-4-2-6-14(8-12)19-11-16(10-18-19)20-15-7-3-5-13(17)9-15/h2-11H,1H3. The molecule has 2 aromatic carbocycles. The van der Waals surface area contributed by atoms with Crippen LogP contribution in [0.1, 0.15) is 5.56 Å². The summed E-state index contributed by atoms with van der Waals surface area (Å²) in [4.78, 5) is 0. The van der Waals surface area contributed by atoms with Gasteiger partial charge >= 0.3 is 0 Å². The topological polar surface area (TPSA) is 27.1 Å². The Hall–Kier alpha value is -2.26. The molecule has 3 rings (SSSR count). The van der Waals surface area contributed by atoms with Crippen molar-refractivity contribution in [2.75, 3.05) is 0 Å². The quantitative estimate of drug-likeness (QED) is 0.701. The van der Waals surface area contributed by atoms with E-state index in [1.54, 1.807) is 16.9 Å². The summed E-state index contributed by atoms with van der Waals surface area (Å²) in [6, 6.07) is 15.4. The lowest BCUT2D eigenvalue weighted by molar-refractivity contribution is 0.482. The average molecular weight is 285 g/mol. The highest BCUT2D eigenvalue weighted by molar-refractivity contribution is 6.30. The van der Waals surface area contributed by atoms with Crippen molar-refractivity contribution in [3.05, 3.63) is 71.5 Å². The molecule has 0 fully saturated rings. The summed E-state index contributed by atoms with van der Waals surface area (Å²) < 4.78 is 7.51. The Labute approximate surface area is 122 Å². The van der Waals surface area contributed by atoms with Crippen LogP contribution in [0.25, 0.3) is 5.69 Å². The molecule has 0 saturated carbocycles. The molecule has 0 aliphatic rings. The minimum absolute atomic E-state index is 0.647. The molecule has 20 heavy (non-hydrogen) atoms. The molecule has 4 heteroatoms. The van der Waals surface area contributed by atoms with Crippen LogP contribution in [0.4, 0.5) is 0 Å². The van der Waals surface area contributed by atoms with Crippen molar-refractivity contribution in [3.8, 4) is 17.2 Å². The molecular formula is C16H13ClN2O. The predicted octanol–water partition coefficient (Wildman–Crippen LogP) is 4.63. The van der Waals surface area contributed by atoms with Gasteiger partial charge in [-0.2, -0.15) is 5.10 Å². The molecule has 0 aliphatic heterocycles. The molecule has 100 valence electrons. The second-order valence-corrected chi connectivity index (χ2v) is 4.96. The van der Waals surface area contributed by atoms with Gasteiger partial charge in [0.15, 0.2) is 5.75 Å². The van der Waals surface area contributed by atoms with Crippen molar-refractivity contribution >= 4 is 11.6 Å². The maximum Gasteiger partial charge on any atom is 0.165 e. The van der Waals surface area contributed by atoms with Crippen LogP contribution in [0.15, 0.2) is 60.9 Å². The summed E-state index contributed by atoms with van der Waals surface area (Å²) in [7, 11) is 0. The lowest BCUT2D eigenvalue weighted by Crippen LogP contribution is -1.93. The van der Waals surface area contributed by atoms with Crippen molar-refractivity contribution in [3.63, 3.8) is 0 Å². The summed E-state index contributed by atoms with van der Waals surface area (Å²) in [5.74, 6) is 1.37. The van der Waals surface area contributed by atoms with E-state index in [1.165, 1.54) is 5.56 Å². The first-order valence-corrected chi connectivity index (χ1v) is 6.64. The fourth-order valence-corrected chi connectivity index (χ4v) is 2.12. The van der Waals surface area contributed by atoms with E-state index < -0.39 is 0 Å². The summed E-state index contributed by atoms with van der Waals surface area (Å²) in [6.45, 7) is 2.05. The molecule has 0 bridgehead atoms. The van der Waals surface area contributed by atoms with Gasteiger partial charge in [0.25, 0.3) is 0 Å². The number of nitrogens with zero attached hydrogens (tertiary/aromatic N) is 2. The molecule has 1 heterocycles. The molecule has 0 aliphatic carbocycles. The number of aryl methyl sites for hydroxylation is 1. The second kappa shape index (κ2) is 5.39. The molecule has 0 unspecified atom stereocenters. The first-order chi connectivity index (χ1) is 9.70. The smallest absolute Gasteiger partial charge is 0.165 e. The van der Waals surface area contributed by atoms with Gasteiger partial charge in [0.1, 0.15) is 5.75 Å². The number of rotatable bonds is 3. The summed E-state index contributed by atoms with van der Waals surface area (Å²) in [6.07, 6.45) is 3.53. The van der Waals surface area contributed by atoms with E-state index >= 15 is 0 Å². The Morgan fingerprint density at radius 2 is 1.90 bits per heavy atom. The molecule has 3 nitrogen and oxygen atoms in total. The van der Waals surface area contributed by atoms with Crippen molar-refractivity contribution in [1.29, 1.82) is 0 Å². The van der Waals surface area contributed by atoms with Crippen LogP contribution < -0.4 is 4.74 Å². The number of halogens is 1. The Balaban J connectivity index is 1.84. The second-order valence-electron chi connectivity index (χ2n) is 4.52. The Morgan fingerprint density at radius 1 is 1.05 bits per heavy atom. The third-order valence-electron chi connectivity index (χ3n) is 2.86. The largest absolute Gasteiger partial charge is 0.454 e. The molecule has 0 saturated heterocycles. The predicted molar refractivity (Wildman–Crippen MR) is 79.8 cm³/mol. The highest BCUT2D eigenvalue weighted by Crippen LogP contribution is 2.24. The minimum Gasteiger partial charge on any atom is -0.454 e. The number of ether oxygens (including phenoxy) is 1. The van der Waals surface area contributed by atoms with Crippen LogP contribution in [0, 0.1) is 6.92 Å². The van der Waals surface area contributed by atoms with Gasteiger partial charge in [0.05, 0.1) is 18.1 Å². The number of hydrogen-bond acceptors (Lipinski definition) is 2. The van der Waals surface area contributed by atoms with E-state index in [2.05, 4.69) is 24.2 Å². The third-order valence-corrected chi connectivity index (χ3v) is 3.09. The van der Waals surface area contributed by atoms with Gasteiger partial charge in [-0.15, -0.1) is 0 Å². The van der Waals surface area contributed by atoms with Crippen LogP contribution in [-0.2, 0) is 0 Å². The van der Waals surface area contributed by atoms with Gasteiger partial charge in [-0.05, 0) is 42.8 Å². The molecule has 0 spiro atoms. The highest BCUT2D eigenvalue weighted by atomic mass is 35.5. The zero-order chi connectivity index (χ0) is 13.9. The van der Waals surface area contributed by atoms with Crippen LogP contribution >= 0.6 is 11.6 Å². The Morgan fingerprint density at radius 3 is 2.70 bits per heavy atom. The van der Waals surface area contributed by atoms with Crippen molar-refractivity contribution < 1.29 is 4.74 Å². The summed E-state index contributed by atoms with van der Waals surface area (Å²) in [5, 5.41) is 4.95. The van der Waals surface area contributed by atoms with Crippen LogP contribution in [0.5, 0.6) is 11.5 Å². The summed E-state index contributed by atoms with van der Waals surface area (Å²) >= 11 is 5.93. The summed E-state index contributed by atoms with van der Waals surface area (Å²) in [5.41, 5.74) is 2.20. The van der Waals surface area contributed by atoms with Gasteiger partial charge in [0, 0.05) is 5.02 Å². The van der Waals surface area contributed by atoms with E-state index in [1.807, 2.05) is 36.5 Å². The number of hydrogen-bond donors (Lipinski definition) is 0. The van der Waals surface area contributed by atoms with Gasteiger partial charge in [-0.3, -0.25) is 0 Å². The third kappa shape index (κ3) is 2.83. The lowest BCUT2D eigenvalue weighted by Gasteiger charge is -2.03. The van der Waals surface area contributed by atoms with Crippen LogP contribution in [0.3, 0.4) is 0 Å². The molecular weight excluding hydrogens is 272 g/mol. The molecule has 1 aromatic heterocycles. The van der Waals surface area contributed by atoms with Gasteiger partial charge in [0.2, 0.25) is 0 Å². The molecule has 0 N–H and O–H groups in total. The van der Waals surface area contributed by atoms with E-state index in [0.717, 1.165) is 5.69 Å². The molecule has 0 radical (unpaired) electrons. The molecule has 0 amide bonds. The van der Waals surface area contributed by atoms with Crippen LogP contribution in [-0.4, -0.2) is 9.78 Å². The van der Waals surface area contributed by atoms with Crippen molar-refractivity contribution in [2.24, 2.45) is 0 Å². The van der Waals surface area contributed by atoms with Crippen molar-refractivity contribution in [1.82, 2.24) is 9.78 Å². The van der Waals surface area contributed by atoms with Gasteiger partial charge < -0.3 is 4.74 Å². The first-order valence-electron chi connectivity index (χ1n) is 6.26. The SMILES string of the molecule is Cc1cccc(-n2cc(Oc3cccc(Cl)c3)cn2)c1. The fraction of sp³-hybridized carbons (Fsp3) is 0.0625. The maximum absolute atomic E-state index is 5.93. The molecule has 0 atom stereocenters. The highest BCUT2D eigenvalue weighted by Gasteiger charge is 2.03. The van der Waals surface area contributed by atoms with E-state index in [-0.39, 0.29) is 0 Å². The molecule has 3 aromatic rings. The first kappa shape index (κ1) is 12.8. The van der Waals surface area contributed by atoms with Gasteiger partial charge in [-0.1, -0.05) is 29.8 Å². The Bertz CT molecular complexity index is 737. The van der Waals surface area contributed by atoms with E-state index in [4.69, 9.17) is 16.3 Å². The Kier molecular flexibility index (Phi) is 3.44. The average Bonchev–Trinajstić information content (AvgIpc) is 2.87. The maximum atomic E-state index is 5.93. The number of aromatic nitrogens is 2. The van der Waals surface area contributed by atoms with E-state index in [0.29, 0.717) is 16.5 Å². The minimum atomic E-state index is 0.647.